The number of hydrogen-bond acceptors (Lipinski definition) is 6. The molecule has 7 nitrogen and oxygen atoms in total. The number of hydrogen-bond donors (Lipinski definition) is 2. The van der Waals surface area contributed by atoms with Gasteiger partial charge in [0.1, 0.15) is 24.2 Å². The molecule has 0 aliphatic carbocycles. The minimum atomic E-state index is -0.910. The van der Waals surface area contributed by atoms with Gasteiger partial charge in [-0.1, -0.05) is 56.7 Å². The Hall–Kier alpha value is -3.12. The van der Waals surface area contributed by atoms with Gasteiger partial charge in [0, 0.05) is 20.0 Å². The van der Waals surface area contributed by atoms with E-state index in [4.69, 9.17) is 9.47 Å². The zero-order valence-corrected chi connectivity index (χ0v) is 22.8. The number of methoxy groups -OCH3 is 1. The van der Waals surface area contributed by atoms with Crippen LogP contribution in [0, 0.1) is 23.1 Å². The standard InChI is InChI=1S/C30H40FN3O4/c1-5-21(2)29(38-20-27(37-4)13-14-33-3)30(36)34-26(19-32)17-25-12-11-24(18-28(25)31)23-10-6-8-22(16-23)9-7-15-35/h6,8,10-12,15-16,18,21,26-27,29,33H,5,7,9,13-14,17,20H2,1-4H3,(H,34,36)/t21?,26-,27+,29-/m0/s1. The van der Waals surface area contributed by atoms with Crippen LogP contribution in [0.25, 0.3) is 11.1 Å². The molecule has 4 atom stereocenters. The van der Waals surface area contributed by atoms with Gasteiger partial charge in [-0.05, 0) is 60.7 Å². The average Bonchev–Trinajstić information content (AvgIpc) is 2.94. The Labute approximate surface area is 225 Å². The van der Waals surface area contributed by atoms with Gasteiger partial charge in [-0.2, -0.15) is 5.26 Å². The van der Waals surface area contributed by atoms with Gasteiger partial charge in [-0.3, -0.25) is 4.79 Å². The molecule has 0 bridgehead atoms. The summed E-state index contributed by atoms with van der Waals surface area (Å²) in [6, 6.07) is 13.7. The summed E-state index contributed by atoms with van der Waals surface area (Å²) < 4.78 is 26.5. The summed E-state index contributed by atoms with van der Waals surface area (Å²) >= 11 is 0. The number of aryl methyl sites for hydroxylation is 1. The number of halogens is 1. The zero-order valence-electron chi connectivity index (χ0n) is 22.8. The van der Waals surface area contributed by atoms with Crippen molar-refractivity contribution >= 4 is 12.2 Å². The van der Waals surface area contributed by atoms with Crippen molar-refractivity contribution < 1.29 is 23.5 Å². The molecule has 2 N–H and O–H groups in total. The molecule has 1 amide bonds. The van der Waals surface area contributed by atoms with Crippen molar-refractivity contribution in [1.82, 2.24) is 10.6 Å². The van der Waals surface area contributed by atoms with E-state index < -0.39 is 23.9 Å². The van der Waals surface area contributed by atoms with Crippen LogP contribution in [-0.4, -0.2) is 57.8 Å². The lowest BCUT2D eigenvalue weighted by molar-refractivity contribution is -0.139. The third kappa shape index (κ3) is 9.64. The molecule has 2 aromatic carbocycles. The van der Waals surface area contributed by atoms with Gasteiger partial charge in [0.15, 0.2) is 0 Å². The molecule has 0 spiro atoms. The van der Waals surface area contributed by atoms with Crippen molar-refractivity contribution in [3.63, 3.8) is 0 Å². The fraction of sp³-hybridized carbons (Fsp3) is 0.500. The monoisotopic (exact) mass is 525 g/mol. The first-order valence-corrected chi connectivity index (χ1v) is 13.2. The Kier molecular flexibility index (Phi) is 13.6. The summed E-state index contributed by atoms with van der Waals surface area (Å²) in [4.78, 5) is 23.8. The van der Waals surface area contributed by atoms with Crippen LogP contribution in [0.1, 0.15) is 44.2 Å². The number of nitriles is 1. The van der Waals surface area contributed by atoms with Crippen LogP contribution in [-0.2, 0) is 31.9 Å². The smallest absolute Gasteiger partial charge is 0.250 e. The van der Waals surface area contributed by atoms with E-state index in [1.54, 1.807) is 19.2 Å². The number of carbonyl (C=O) groups excluding carboxylic acids is 2. The number of amides is 1. The van der Waals surface area contributed by atoms with E-state index in [1.807, 2.05) is 45.2 Å². The van der Waals surface area contributed by atoms with Crippen LogP contribution in [0.5, 0.6) is 0 Å². The molecule has 2 aromatic rings. The lowest BCUT2D eigenvalue weighted by Gasteiger charge is -2.26. The number of benzene rings is 2. The molecule has 38 heavy (non-hydrogen) atoms. The summed E-state index contributed by atoms with van der Waals surface area (Å²) in [6.45, 7) is 4.91. The molecule has 0 fully saturated rings. The SMILES string of the molecule is CCC(C)[C@H](OC[C@@H](CCNC)OC)C(=O)N[C@H](C#N)Cc1ccc(-c2cccc(CCC=O)c2)cc1F. The molecule has 0 saturated heterocycles. The largest absolute Gasteiger partial charge is 0.379 e. The van der Waals surface area contributed by atoms with Crippen molar-refractivity contribution in [3.8, 4) is 17.2 Å². The summed E-state index contributed by atoms with van der Waals surface area (Å²) in [5, 5.41) is 15.5. The predicted molar refractivity (Wildman–Crippen MR) is 146 cm³/mol. The van der Waals surface area contributed by atoms with E-state index >= 15 is 4.39 Å². The van der Waals surface area contributed by atoms with Crippen molar-refractivity contribution in [2.24, 2.45) is 5.92 Å². The molecule has 8 heteroatoms. The van der Waals surface area contributed by atoms with E-state index in [9.17, 15) is 14.9 Å². The number of nitrogens with one attached hydrogen (secondary N) is 2. The molecule has 0 aliphatic heterocycles. The Bertz CT molecular complexity index is 1070. The van der Waals surface area contributed by atoms with Crippen LogP contribution in [0.3, 0.4) is 0 Å². The molecule has 0 aromatic heterocycles. The van der Waals surface area contributed by atoms with Gasteiger partial charge in [-0.25, -0.2) is 4.39 Å². The van der Waals surface area contributed by atoms with E-state index in [-0.39, 0.29) is 25.0 Å². The first-order chi connectivity index (χ1) is 18.4. The van der Waals surface area contributed by atoms with Crippen molar-refractivity contribution in [2.45, 2.75) is 64.2 Å². The van der Waals surface area contributed by atoms with Crippen LogP contribution in [0.4, 0.5) is 4.39 Å². The number of carbonyl (C=O) groups is 2. The van der Waals surface area contributed by atoms with Gasteiger partial charge in [0.25, 0.3) is 0 Å². The highest BCUT2D eigenvalue weighted by Crippen LogP contribution is 2.24. The van der Waals surface area contributed by atoms with Gasteiger partial charge in [0.2, 0.25) is 5.91 Å². The van der Waals surface area contributed by atoms with Crippen LogP contribution in [0.2, 0.25) is 0 Å². The normalized spacial score (nSPS) is 14.2. The number of rotatable bonds is 17. The van der Waals surface area contributed by atoms with Crippen molar-refractivity contribution in [3.05, 3.63) is 59.4 Å². The highest BCUT2D eigenvalue weighted by Gasteiger charge is 2.28. The quantitative estimate of drug-likeness (QED) is 0.300. The third-order valence-corrected chi connectivity index (χ3v) is 6.69. The number of ether oxygens (including phenoxy) is 2. The second-order valence-electron chi connectivity index (χ2n) is 9.50. The van der Waals surface area contributed by atoms with Crippen molar-refractivity contribution in [1.29, 1.82) is 5.26 Å². The topological polar surface area (TPSA) is 100 Å². The molecule has 2 rings (SSSR count). The Morgan fingerprint density at radius 3 is 2.61 bits per heavy atom. The van der Waals surface area contributed by atoms with Gasteiger partial charge in [-0.15, -0.1) is 0 Å². The van der Waals surface area contributed by atoms with Gasteiger partial charge in [0.05, 0.1) is 18.8 Å². The maximum Gasteiger partial charge on any atom is 0.250 e. The predicted octanol–water partition coefficient (Wildman–Crippen LogP) is 4.23. The van der Waals surface area contributed by atoms with E-state index in [0.29, 0.717) is 24.0 Å². The molecule has 1 unspecified atom stereocenters. The Balaban J connectivity index is 2.08. The van der Waals surface area contributed by atoms with Crippen LogP contribution < -0.4 is 10.6 Å². The fourth-order valence-electron chi connectivity index (χ4n) is 4.13. The van der Waals surface area contributed by atoms with E-state index in [2.05, 4.69) is 16.7 Å². The maximum absolute atomic E-state index is 15.1. The lowest BCUT2D eigenvalue weighted by Crippen LogP contribution is -2.46. The summed E-state index contributed by atoms with van der Waals surface area (Å²) in [6.07, 6.45) is 2.52. The molecular formula is C30H40FN3O4. The zero-order chi connectivity index (χ0) is 27.9. The van der Waals surface area contributed by atoms with Crippen molar-refractivity contribution in [2.75, 3.05) is 27.3 Å². The Morgan fingerprint density at radius 2 is 1.97 bits per heavy atom. The molecule has 0 heterocycles. The first kappa shape index (κ1) is 31.1. The fourth-order valence-corrected chi connectivity index (χ4v) is 4.13. The van der Waals surface area contributed by atoms with Gasteiger partial charge < -0.3 is 24.9 Å². The summed E-state index contributed by atoms with van der Waals surface area (Å²) in [7, 11) is 3.47. The Morgan fingerprint density at radius 1 is 1.21 bits per heavy atom. The highest BCUT2D eigenvalue weighted by molar-refractivity contribution is 5.81. The van der Waals surface area contributed by atoms with Crippen LogP contribution in [0.15, 0.2) is 42.5 Å². The van der Waals surface area contributed by atoms with Gasteiger partial charge >= 0.3 is 0 Å². The first-order valence-electron chi connectivity index (χ1n) is 13.2. The molecular weight excluding hydrogens is 485 g/mol. The minimum absolute atomic E-state index is 0.0316. The third-order valence-electron chi connectivity index (χ3n) is 6.69. The molecule has 0 aliphatic rings. The van der Waals surface area contributed by atoms with E-state index in [0.717, 1.165) is 36.8 Å². The van der Waals surface area contributed by atoms with Crippen LogP contribution >= 0.6 is 0 Å². The lowest BCUT2D eigenvalue weighted by atomic mass is 9.97. The second-order valence-corrected chi connectivity index (χ2v) is 9.50. The minimum Gasteiger partial charge on any atom is -0.379 e. The molecule has 0 saturated carbocycles. The maximum atomic E-state index is 15.1. The molecule has 0 radical (unpaired) electrons. The summed E-state index contributed by atoms with van der Waals surface area (Å²) in [5.41, 5.74) is 2.89. The average molecular weight is 526 g/mol. The number of nitrogens with zero attached hydrogens (tertiary/aromatic N) is 1. The summed E-state index contributed by atoms with van der Waals surface area (Å²) in [5.74, 6) is -0.912. The van der Waals surface area contributed by atoms with E-state index in [1.165, 1.54) is 6.07 Å². The second kappa shape index (κ2) is 16.7. The number of aldehydes is 1. The molecule has 206 valence electrons. The highest BCUT2D eigenvalue weighted by atomic mass is 19.1.